The lowest BCUT2D eigenvalue weighted by Crippen LogP contribution is -2.44. The summed E-state index contributed by atoms with van der Waals surface area (Å²) in [5, 5.41) is 0. The molecular weight excluding hydrogens is 480 g/mol. The molecule has 36 heavy (non-hydrogen) atoms. The normalized spacial score (nSPS) is 15.1. The quantitative estimate of drug-likeness (QED) is 0.111. The molecular formula is C30H60O4Si2. The van der Waals surface area contributed by atoms with Gasteiger partial charge in [0.15, 0.2) is 0 Å². The van der Waals surface area contributed by atoms with E-state index in [0.29, 0.717) is 33.2 Å². The fraction of sp³-hybridized carbons (Fsp3) is 0.867. The molecule has 0 saturated heterocycles. The molecule has 0 aromatic heterocycles. The van der Waals surface area contributed by atoms with Crippen LogP contribution in [0, 0.1) is 0 Å². The first-order valence-electron chi connectivity index (χ1n) is 14.5. The third kappa shape index (κ3) is 9.45. The van der Waals surface area contributed by atoms with Crippen LogP contribution in [0.25, 0.3) is 0 Å². The number of rotatable bonds is 16. The molecule has 0 aromatic rings. The van der Waals surface area contributed by atoms with Gasteiger partial charge in [-0.05, 0) is 26.7 Å². The average Bonchev–Trinajstić information content (AvgIpc) is 2.71. The summed E-state index contributed by atoms with van der Waals surface area (Å²) in [4.78, 5) is 24.7. The van der Waals surface area contributed by atoms with Crippen molar-refractivity contribution < 1.29 is 19.1 Å². The van der Waals surface area contributed by atoms with Gasteiger partial charge in [-0.3, -0.25) is 0 Å². The van der Waals surface area contributed by atoms with E-state index in [2.05, 4.69) is 83.1 Å². The Labute approximate surface area is 226 Å². The highest BCUT2D eigenvalue weighted by Gasteiger charge is 2.43. The number of esters is 2. The van der Waals surface area contributed by atoms with Crippen LogP contribution in [0.1, 0.15) is 110 Å². The molecule has 0 aliphatic carbocycles. The minimum atomic E-state index is -1.52. The molecule has 0 bridgehead atoms. The van der Waals surface area contributed by atoms with Crippen LogP contribution in [0.4, 0.5) is 0 Å². The molecule has 0 radical (unpaired) electrons. The van der Waals surface area contributed by atoms with Crippen molar-refractivity contribution in [2.24, 2.45) is 0 Å². The van der Waals surface area contributed by atoms with Crippen LogP contribution in [-0.4, -0.2) is 40.3 Å². The number of hydrogen-bond donors (Lipinski definition) is 0. The van der Waals surface area contributed by atoms with Crippen LogP contribution >= 0.6 is 0 Å². The predicted molar refractivity (Wildman–Crippen MR) is 161 cm³/mol. The Kier molecular flexibility index (Phi) is 15.1. The van der Waals surface area contributed by atoms with E-state index in [4.69, 9.17) is 9.47 Å². The van der Waals surface area contributed by atoms with Gasteiger partial charge in [-0.15, -0.1) is 0 Å². The van der Waals surface area contributed by atoms with Crippen molar-refractivity contribution in [1.29, 1.82) is 0 Å². The van der Waals surface area contributed by atoms with Crippen molar-refractivity contribution >= 4 is 28.1 Å². The first kappa shape index (κ1) is 35.1. The van der Waals surface area contributed by atoms with E-state index < -0.39 is 28.1 Å². The summed E-state index contributed by atoms with van der Waals surface area (Å²) < 4.78 is 11.2. The smallest absolute Gasteiger partial charge is 0.331 e. The fourth-order valence-corrected chi connectivity index (χ4v) is 20.6. The van der Waals surface area contributed by atoms with Gasteiger partial charge in [0.1, 0.15) is 0 Å². The summed E-state index contributed by atoms with van der Waals surface area (Å²) in [6.07, 6.45) is 3.85. The van der Waals surface area contributed by atoms with Crippen molar-refractivity contribution in [2.45, 2.75) is 167 Å². The zero-order chi connectivity index (χ0) is 28.4. The minimum absolute atomic E-state index is 0.165. The van der Waals surface area contributed by atoms with Gasteiger partial charge in [-0.2, -0.15) is 0 Å². The van der Waals surface area contributed by atoms with Crippen LogP contribution in [0.3, 0.4) is 0 Å². The molecule has 0 aromatic carbocycles. The SMILES string of the molecule is CC(CC[Si](C(C)C)(C(C)C)C(C)C)OC(=O)/C=C\C(=O)OC(C)CC[Si](C(C)C)(C(C)C)C(C)C. The Balaban J connectivity index is 4.87. The van der Waals surface area contributed by atoms with Gasteiger partial charge in [-0.25, -0.2) is 9.59 Å². The third-order valence-electron chi connectivity index (χ3n) is 9.41. The molecule has 4 nitrogen and oxygen atoms in total. The summed E-state index contributed by atoms with van der Waals surface area (Å²) in [6.45, 7) is 32.2. The van der Waals surface area contributed by atoms with Crippen molar-refractivity contribution in [3.63, 3.8) is 0 Å². The predicted octanol–water partition coefficient (Wildman–Crippen LogP) is 9.54. The maximum atomic E-state index is 12.4. The second-order valence-corrected chi connectivity index (χ2v) is 25.4. The van der Waals surface area contributed by atoms with E-state index in [1.807, 2.05) is 13.8 Å². The van der Waals surface area contributed by atoms with E-state index in [1.165, 1.54) is 12.2 Å². The summed E-state index contributed by atoms with van der Waals surface area (Å²) in [5.41, 5.74) is 4.12. The van der Waals surface area contributed by atoms with Crippen LogP contribution in [0.15, 0.2) is 12.2 Å². The maximum absolute atomic E-state index is 12.4. The standard InChI is InChI=1S/C30H60O4Si2/c1-21(2)35(22(3)4,23(5)6)19-17-27(13)33-29(31)15-16-30(32)34-28(14)18-20-36(24(7)8,25(9)10)26(11)12/h15-16,21-28H,17-20H2,1-14H3/b16-15-. The first-order valence-corrected chi connectivity index (χ1v) is 19.4. The molecule has 6 heteroatoms. The van der Waals surface area contributed by atoms with E-state index in [-0.39, 0.29) is 12.2 Å². The largest absolute Gasteiger partial charge is 0.460 e. The van der Waals surface area contributed by atoms with Crippen LogP contribution in [-0.2, 0) is 19.1 Å². The number of hydrogen-bond acceptors (Lipinski definition) is 4. The Morgan fingerprint density at radius 2 is 0.722 bits per heavy atom. The maximum Gasteiger partial charge on any atom is 0.331 e. The Morgan fingerprint density at radius 3 is 0.917 bits per heavy atom. The first-order chi connectivity index (χ1) is 16.4. The highest BCUT2D eigenvalue weighted by atomic mass is 28.3. The number of ether oxygens (including phenoxy) is 2. The molecule has 0 amide bonds. The van der Waals surface area contributed by atoms with Gasteiger partial charge >= 0.3 is 11.9 Å². The molecule has 0 heterocycles. The van der Waals surface area contributed by atoms with Crippen molar-refractivity contribution in [3.8, 4) is 0 Å². The topological polar surface area (TPSA) is 52.6 Å². The van der Waals surface area contributed by atoms with Gasteiger partial charge in [0, 0.05) is 12.2 Å². The molecule has 212 valence electrons. The van der Waals surface area contributed by atoms with Gasteiger partial charge in [0.05, 0.1) is 28.4 Å². The average molecular weight is 541 g/mol. The highest BCUT2D eigenvalue weighted by Crippen LogP contribution is 2.46. The van der Waals surface area contributed by atoms with Gasteiger partial charge in [0.25, 0.3) is 0 Å². The highest BCUT2D eigenvalue weighted by molar-refractivity contribution is 6.84. The molecule has 0 rings (SSSR count). The summed E-state index contributed by atoms with van der Waals surface area (Å²) in [6, 6.07) is 2.29. The van der Waals surface area contributed by atoms with Gasteiger partial charge in [-0.1, -0.05) is 128 Å². The van der Waals surface area contributed by atoms with Gasteiger partial charge in [0.2, 0.25) is 0 Å². The van der Waals surface area contributed by atoms with E-state index in [0.717, 1.165) is 24.9 Å². The van der Waals surface area contributed by atoms with E-state index in [9.17, 15) is 9.59 Å². The molecule has 0 fully saturated rings. The second kappa shape index (κ2) is 15.5. The lowest BCUT2D eigenvalue weighted by atomic mass is 10.3. The molecule has 0 N–H and O–H groups in total. The van der Waals surface area contributed by atoms with Gasteiger partial charge < -0.3 is 9.47 Å². The Bertz CT molecular complexity index is 594. The lowest BCUT2D eigenvalue weighted by Gasteiger charge is -2.44. The molecule has 0 aliphatic heterocycles. The molecule has 2 atom stereocenters. The van der Waals surface area contributed by atoms with Crippen molar-refractivity contribution in [1.82, 2.24) is 0 Å². The summed E-state index contributed by atoms with van der Waals surface area (Å²) in [7, 11) is -3.04. The molecule has 0 saturated carbocycles. The molecule has 0 spiro atoms. The Hall–Kier alpha value is -0.886. The fourth-order valence-electron chi connectivity index (χ4n) is 7.37. The summed E-state index contributed by atoms with van der Waals surface area (Å²) in [5.74, 6) is -0.937. The van der Waals surface area contributed by atoms with Crippen molar-refractivity contribution in [2.75, 3.05) is 0 Å². The van der Waals surface area contributed by atoms with Crippen LogP contribution in [0.5, 0.6) is 0 Å². The number of carbonyl (C=O) groups excluding carboxylic acids is 2. The lowest BCUT2D eigenvalue weighted by molar-refractivity contribution is -0.145. The monoisotopic (exact) mass is 540 g/mol. The zero-order valence-electron chi connectivity index (χ0n) is 26.2. The molecule has 2 unspecified atom stereocenters. The second-order valence-electron chi connectivity index (χ2n) is 13.1. The summed E-state index contributed by atoms with van der Waals surface area (Å²) >= 11 is 0. The zero-order valence-corrected chi connectivity index (χ0v) is 28.2. The minimum Gasteiger partial charge on any atom is -0.460 e. The van der Waals surface area contributed by atoms with E-state index >= 15 is 0 Å². The van der Waals surface area contributed by atoms with Crippen LogP contribution in [0.2, 0.25) is 45.3 Å². The Morgan fingerprint density at radius 1 is 0.500 bits per heavy atom. The third-order valence-corrected chi connectivity index (χ3v) is 24.6. The van der Waals surface area contributed by atoms with Crippen LogP contribution < -0.4 is 0 Å². The number of carbonyl (C=O) groups is 2. The van der Waals surface area contributed by atoms with Crippen molar-refractivity contribution in [3.05, 3.63) is 12.2 Å². The van der Waals surface area contributed by atoms with E-state index in [1.54, 1.807) is 0 Å². The molecule has 0 aliphatic rings.